The highest BCUT2D eigenvalue weighted by molar-refractivity contribution is 7.92. The number of sulfone groups is 1. The molecule has 2 rings (SSSR count). The van der Waals surface area contributed by atoms with Gasteiger partial charge in [0.1, 0.15) is 4.75 Å². The summed E-state index contributed by atoms with van der Waals surface area (Å²) in [5.41, 5.74) is 1.48. The Hall–Kier alpha value is -1.22. The van der Waals surface area contributed by atoms with E-state index < -0.39 is 20.5 Å². The largest absolute Gasteiger partial charge is 0.289 e. The van der Waals surface area contributed by atoms with Gasteiger partial charge in [0.2, 0.25) is 0 Å². The van der Waals surface area contributed by atoms with Crippen LogP contribution in [0.2, 0.25) is 0 Å². The molecule has 8 heteroatoms. The van der Waals surface area contributed by atoms with Gasteiger partial charge < -0.3 is 0 Å². The van der Waals surface area contributed by atoms with Crippen molar-refractivity contribution in [3.8, 4) is 9.75 Å². The van der Waals surface area contributed by atoms with Crippen LogP contribution in [0.15, 0.2) is 24.3 Å². The minimum Gasteiger partial charge on any atom is -0.289 e. The van der Waals surface area contributed by atoms with Crippen LogP contribution in [-0.4, -0.2) is 30.5 Å². The maximum Gasteiger partial charge on any atom is 0.264 e. The average molecular weight is 402 g/mol. The topological polar surface area (TPSA) is 83.5 Å². The van der Waals surface area contributed by atoms with Crippen molar-refractivity contribution in [1.82, 2.24) is 5.48 Å². The lowest BCUT2D eigenvalue weighted by Crippen LogP contribution is -2.49. The van der Waals surface area contributed by atoms with E-state index in [-0.39, 0.29) is 6.42 Å². The quantitative estimate of drug-likeness (QED) is 0.400. The summed E-state index contributed by atoms with van der Waals surface area (Å²) in [6.45, 7) is 3.44. The van der Waals surface area contributed by atoms with Crippen molar-refractivity contribution in [2.24, 2.45) is 0 Å². The van der Waals surface area contributed by atoms with E-state index in [9.17, 15) is 13.2 Å². The van der Waals surface area contributed by atoms with Crippen molar-refractivity contribution in [3.63, 3.8) is 0 Å². The summed E-state index contributed by atoms with van der Waals surface area (Å²) in [5.74, 6) is -0.874. The average Bonchev–Trinajstić information content (AvgIpc) is 3.18. The molecule has 0 radical (unpaired) electrons. The van der Waals surface area contributed by atoms with Crippen LogP contribution in [0.3, 0.4) is 0 Å². The van der Waals surface area contributed by atoms with Crippen LogP contribution in [0.1, 0.15) is 35.9 Å². The first-order chi connectivity index (χ1) is 11.7. The van der Waals surface area contributed by atoms with Gasteiger partial charge in [0, 0.05) is 25.8 Å². The Morgan fingerprint density at radius 2 is 1.80 bits per heavy atom. The number of carbonyl (C=O) groups is 1. The number of carbonyl (C=O) groups excluding carboxylic acids is 1. The standard InChI is InChI=1S/C17H23NO4S3/c1-12-7-9-14(23-12)15-10-8-13(24-15)6-4-5-11-17(2,16(19)18-20)25(3,21)22/h7-10,20H,4-6,11H2,1-3H3,(H,18,19). The summed E-state index contributed by atoms with van der Waals surface area (Å²) in [5, 5.41) is 8.82. The SMILES string of the molecule is Cc1ccc(-c2ccc(CCCCC(C)(C(=O)NO)S(C)(=O)=O)s2)s1. The molecule has 0 bridgehead atoms. The van der Waals surface area contributed by atoms with E-state index in [2.05, 4.69) is 31.2 Å². The summed E-state index contributed by atoms with van der Waals surface area (Å²) in [4.78, 5) is 16.8. The summed E-state index contributed by atoms with van der Waals surface area (Å²) in [6, 6.07) is 8.45. The highest BCUT2D eigenvalue weighted by Gasteiger charge is 2.42. The number of amides is 1. The Morgan fingerprint density at radius 3 is 2.36 bits per heavy atom. The van der Waals surface area contributed by atoms with Crippen molar-refractivity contribution >= 4 is 38.4 Å². The first-order valence-corrected chi connectivity index (χ1v) is 11.5. The molecule has 0 fully saturated rings. The molecule has 0 saturated heterocycles. The second-order valence-electron chi connectivity index (χ2n) is 6.33. The Labute approximate surface area is 156 Å². The lowest BCUT2D eigenvalue weighted by atomic mass is 10.0. The number of aryl methyl sites for hydroxylation is 2. The number of hydrogen-bond donors (Lipinski definition) is 2. The van der Waals surface area contributed by atoms with Gasteiger partial charge in [-0.15, -0.1) is 22.7 Å². The molecular formula is C17H23NO4S3. The minimum absolute atomic E-state index is 0.181. The lowest BCUT2D eigenvalue weighted by Gasteiger charge is -2.24. The molecule has 0 spiro atoms. The van der Waals surface area contributed by atoms with E-state index in [1.54, 1.807) is 22.7 Å². The molecule has 138 valence electrons. The molecule has 0 aliphatic heterocycles. The zero-order valence-corrected chi connectivity index (χ0v) is 17.0. The van der Waals surface area contributed by atoms with E-state index >= 15 is 0 Å². The molecule has 2 heterocycles. The predicted molar refractivity (Wildman–Crippen MR) is 103 cm³/mol. The minimum atomic E-state index is -3.62. The highest BCUT2D eigenvalue weighted by atomic mass is 32.2. The maximum absolute atomic E-state index is 11.9. The Balaban J connectivity index is 1.92. The molecule has 0 aliphatic rings. The monoisotopic (exact) mass is 401 g/mol. The molecule has 0 aliphatic carbocycles. The van der Waals surface area contributed by atoms with Crippen LogP contribution in [0.5, 0.6) is 0 Å². The van der Waals surface area contributed by atoms with Gasteiger partial charge in [-0.1, -0.05) is 6.42 Å². The molecule has 1 atom stereocenters. The van der Waals surface area contributed by atoms with Crippen molar-refractivity contribution < 1.29 is 18.4 Å². The third kappa shape index (κ3) is 4.69. The third-order valence-corrected chi connectivity index (χ3v) is 8.74. The van der Waals surface area contributed by atoms with Crippen molar-refractivity contribution in [3.05, 3.63) is 34.0 Å². The number of thiophene rings is 2. The number of unbranched alkanes of at least 4 members (excludes halogenated alkanes) is 1. The van der Waals surface area contributed by atoms with Crippen molar-refractivity contribution in [2.45, 2.75) is 44.3 Å². The van der Waals surface area contributed by atoms with Crippen LogP contribution in [-0.2, 0) is 21.1 Å². The first kappa shape index (κ1) is 20.1. The predicted octanol–water partition coefficient (Wildman–Crippen LogP) is 3.81. The van der Waals surface area contributed by atoms with E-state index in [1.807, 2.05) is 0 Å². The summed E-state index contributed by atoms with van der Waals surface area (Å²) in [6.07, 6.45) is 3.42. The number of nitrogens with one attached hydrogen (secondary N) is 1. The molecule has 0 aromatic carbocycles. The fourth-order valence-corrected chi connectivity index (χ4v) is 5.46. The fourth-order valence-electron chi connectivity index (χ4n) is 2.56. The van der Waals surface area contributed by atoms with E-state index in [1.165, 1.54) is 31.9 Å². The van der Waals surface area contributed by atoms with Crippen LogP contribution in [0, 0.1) is 6.92 Å². The van der Waals surface area contributed by atoms with Crippen molar-refractivity contribution in [2.75, 3.05) is 6.26 Å². The van der Waals surface area contributed by atoms with Gasteiger partial charge in [-0.25, -0.2) is 13.9 Å². The third-order valence-electron chi connectivity index (χ3n) is 4.37. The first-order valence-electron chi connectivity index (χ1n) is 7.97. The smallest absolute Gasteiger partial charge is 0.264 e. The van der Waals surface area contributed by atoms with E-state index in [0.717, 1.165) is 19.1 Å². The van der Waals surface area contributed by atoms with Crippen LogP contribution in [0.25, 0.3) is 9.75 Å². The van der Waals surface area contributed by atoms with Gasteiger partial charge in [0.05, 0.1) is 0 Å². The van der Waals surface area contributed by atoms with Gasteiger partial charge in [-0.2, -0.15) is 0 Å². The summed E-state index contributed by atoms with van der Waals surface area (Å²) < 4.78 is 22.2. The number of rotatable bonds is 8. The van der Waals surface area contributed by atoms with E-state index in [0.29, 0.717) is 6.42 Å². The Kier molecular flexibility index (Phi) is 6.42. The van der Waals surface area contributed by atoms with Gasteiger partial charge in [-0.05, 0) is 57.4 Å². The molecule has 1 unspecified atom stereocenters. The maximum atomic E-state index is 11.9. The zero-order chi connectivity index (χ0) is 18.7. The molecular weight excluding hydrogens is 378 g/mol. The van der Waals surface area contributed by atoms with Gasteiger partial charge in [0.15, 0.2) is 9.84 Å². The molecule has 25 heavy (non-hydrogen) atoms. The molecule has 0 saturated carbocycles. The van der Waals surface area contributed by atoms with Gasteiger partial charge in [0.25, 0.3) is 5.91 Å². The Bertz CT molecular complexity index is 838. The lowest BCUT2D eigenvalue weighted by molar-refractivity contribution is -0.131. The Morgan fingerprint density at radius 1 is 1.16 bits per heavy atom. The van der Waals surface area contributed by atoms with Gasteiger partial charge >= 0.3 is 0 Å². The molecule has 5 nitrogen and oxygen atoms in total. The fraction of sp³-hybridized carbons (Fsp3) is 0.471. The number of hydrogen-bond acceptors (Lipinski definition) is 6. The molecule has 2 aromatic rings. The molecule has 2 aromatic heterocycles. The molecule has 1 amide bonds. The zero-order valence-electron chi connectivity index (χ0n) is 14.5. The van der Waals surface area contributed by atoms with Crippen LogP contribution < -0.4 is 5.48 Å². The van der Waals surface area contributed by atoms with Crippen LogP contribution >= 0.6 is 22.7 Å². The van der Waals surface area contributed by atoms with E-state index in [4.69, 9.17) is 5.21 Å². The van der Waals surface area contributed by atoms with Gasteiger partial charge in [-0.3, -0.25) is 10.0 Å². The second-order valence-corrected chi connectivity index (χ2v) is 11.2. The summed E-state index contributed by atoms with van der Waals surface area (Å²) >= 11 is 3.52. The molecule has 2 N–H and O–H groups in total. The summed E-state index contributed by atoms with van der Waals surface area (Å²) in [7, 11) is -3.62. The van der Waals surface area contributed by atoms with Crippen LogP contribution in [0.4, 0.5) is 0 Å². The normalized spacial score (nSPS) is 14.2. The second kappa shape index (κ2) is 7.99. The number of hydroxylamine groups is 1. The van der Waals surface area contributed by atoms with Crippen molar-refractivity contribution in [1.29, 1.82) is 0 Å². The highest BCUT2D eigenvalue weighted by Crippen LogP contribution is 2.34.